The summed E-state index contributed by atoms with van der Waals surface area (Å²) in [5.41, 5.74) is 1.08. The maximum atomic E-state index is 13.4. The van der Waals surface area contributed by atoms with E-state index in [0.29, 0.717) is 22.7 Å². The second-order valence-corrected chi connectivity index (χ2v) is 8.96. The van der Waals surface area contributed by atoms with Crippen LogP contribution in [-0.2, 0) is 20.9 Å². The van der Waals surface area contributed by atoms with Crippen molar-refractivity contribution in [2.75, 3.05) is 23.9 Å². The summed E-state index contributed by atoms with van der Waals surface area (Å²) >= 11 is 1.46. The number of methoxy groups -OCH3 is 1. The number of ether oxygens (including phenoxy) is 2. The molecule has 0 bridgehead atoms. The van der Waals surface area contributed by atoms with Crippen LogP contribution in [-0.4, -0.2) is 48.5 Å². The van der Waals surface area contributed by atoms with Gasteiger partial charge in [0.15, 0.2) is 0 Å². The molecule has 1 aliphatic heterocycles. The van der Waals surface area contributed by atoms with Crippen LogP contribution in [0.1, 0.15) is 28.6 Å². The van der Waals surface area contributed by atoms with Crippen molar-refractivity contribution in [2.24, 2.45) is 0 Å². The molecule has 1 aromatic heterocycles. The second-order valence-electron chi connectivity index (χ2n) is 7.93. The quantitative estimate of drug-likeness (QED) is 0.342. The molecule has 186 valence electrons. The van der Waals surface area contributed by atoms with Gasteiger partial charge < -0.3 is 19.7 Å². The fraction of sp³-hybridized carbons (Fsp3) is 0.231. The number of thiophene rings is 1. The molecule has 0 radical (unpaired) electrons. The summed E-state index contributed by atoms with van der Waals surface area (Å²) in [6.45, 7) is 2.14. The number of carbonyl (C=O) groups excluding carboxylic acids is 4. The number of benzene rings is 2. The maximum absolute atomic E-state index is 13.4. The first-order valence-corrected chi connectivity index (χ1v) is 12.2. The minimum atomic E-state index is -0.991. The van der Waals surface area contributed by atoms with Crippen molar-refractivity contribution in [3.63, 3.8) is 0 Å². The molecule has 10 heteroatoms. The number of imide groups is 1. The number of nitrogens with one attached hydrogen (secondary N) is 1. The van der Waals surface area contributed by atoms with E-state index in [0.717, 1.165) is 9.78 Å². The lowest BCUT2D eigenvalue weighted by Crippen LogP contribution is -2.37. The van der Waals surface area contributed by atoms with Gasteiger partial charge in [0.25, 0.3) is 5.91 Å². The average molecular weight is 508 g/mol. The van der Waals surface area contributed by atoms with Gasteiger partial charge in [-0.2, -0.15) is 0 Å². The van der Waals surface area contributed by atoms with E-state index in [1.165, 1.54) is 29.4 Å². The highest BCUT2D eigenvalue weighted by molar-refractivity contribution is 7.09. The summed E-state index contributed by atoms with van der Waals surface area (Å²) in [5.74, 6) is -0.858. The molecule has 1 aliphatic rings. The Labute approximate surface area is 212 Å². The zero-order chi connectivity index (χ0) is 25.7. The minimum absolute atomic E-state index is 0.200. The van der Waals surface area contributed by atoms with E-state index in [9.17, 15) is 19.2 Å². The third-order valence-electron chi connectivity index (χ3n) is 5.59. The number of nitrogens with zero attached hydrogens (tertiary/aromatic N) is 2. The van der Waals surface area contributed by atoms with E-state index >= 15 is 0 Å². The smallest absolute Gasteiger partial charge is 0.338 e. The third-order valence-corrected chi connectivity index (χ3v) is 6.45. The van der Waals surface area contributed by atoms with Crippen molar-refractivity contribution < 1.29 is 28.7 Å². The third kappa shape index (κ3) is 5.38. The molecule has 4 rings (SSSR count). The molecule has 2 aromatic carbocycles. The molecule has 1 N–H and O–H groups in total. The first-order chi connectivity index (χ1) is 17.4. The standard InChI is InChI=1S/C26H25N3O6S/c1-3-35-25(32)17-6-4-7-18(14-17)27-23(30)15-22-24(31)29(19-9-11-20(34-2)12-10-19)26(33)28(22)16-21-8-5-13-36-21/h4-14,22H,3,15-16H2,1-2H3,(H,27,30)/t22-/m0/s1. The molecule has 0 unspecified atom stereocenters. The lowest BCUT2D eigenvalue weighted by Gasteiger charge is -2.21. The predicted octanol–water partition coefficient (Wildman–Crippen LogP) is 4.30. The fourth-order valence-corrected chi connectivity index (χ4v) is 4.58. The van der Waals surface area contributed by atoms with Crippen LogP contribution in [0.2, 0.25) is 0 Å². The van der Waals surface area contributed by atoms with Crippen LogP contribution in [0.5, 0.6) is 5.75 Å². The van der Waals surface area contributed by atoms with Gasteiger partial charge in [0.2, 0.25) is 5.91 Å². The Balaban J connectivity index is 1.55. The van der Waals surface area contributed by atoms with E-state index in [1.807, 2.05) is 17.5 Å². The SMILES string of the molecule is CCOC(=O)c1cccc(NC(=O)C[C@H]2C(=O)N(c3ccc(OC)cc3)C(=O)N2Cc2cccs2)c1. The molecule has 2 heterocycles. The fourth-order valence-electron chi connectivity index (χ4n) is 3.88. The summed E-state index contributed by atoms with van der Waals surface area (Å²) in [4.78, 5) is 55.1. The Morgan fingerprint density at radius 3 is 2.50 bits per heavy atom. The molecule has 1 saturated heterocycles. The Kier molecular flexibility index (Phi) is 7.65. The van der Waals surface area contributed by atoms with Gasteiger partial charge in [0.05, 0.1) is 37.9 Å². The molecule has 0 spiro atoms. The molecule has 1 atom stereocenters. The molecule has 0 saturated carbocycles. The summed E-state index contributed by atoms with van der Waals surface area (Å²) in [6, 6.07) is 15.2. The number of hydrogen-bond acceptors (Lipinski definition) is 7. The normalized spacial score (nSPS) is 15.2. The molecule has 0 aliphatic carbocycles. The van der Waals surface area contributed by atoms with E-state index in [1.54, 1.807) is 49.4 Å². The van der Waals surface area contributed by atoms with Crippen LogP contribution < -0.4 is 15.0 Å². The van der Waals surface area contributed by atoms with Crippen LogP contribution in [0.4, 0.5) is 16.2 Å². The van der Waals surface area contributed by atoms with Gasteiger partial charge in [0, 0.05) is 10.6 Å². The molecular weight excluding hydrogens is 482 g/mol. The molecule has 36 heavy (non-hydrogen) atoms. The summed E-state index contributed by atoms with van der Waals surface area (Å²) < 4.78 is 10.2. The monoisotopic (exact) mass is 507 g/mol. The highest BCUT2D eigenvalue weighted by atomic mass is 32.1. The number of hydrogen-bond donors (Lipinski definition) is 1. The number of anilines is 2. The number of carbonyl (C=O) groups is 4. The van der Waals surface area contributed by atoms with Crippen molar-refractivity contribution in [1.29, 1.82) is 0 Å². The van der Waals surface area contributed by atoms with Crippen molar-refractivity contribution in [1.82, 2.24) is 4.90 Å². The van der Waals surface area contributed by atoms with Gasteiger partial charge in [-0.3, -0.25) is 9.59 Å². The van der Waals surface area contributed by atoms with E-state index in [4.69, 9.17) is 9.47 Å². The average Bonchev–Trinajstić information content (AvgIpc) is 3.47. The highest BCUT2D eigenvalue weighted by Crippen LogP contribution is 2.30. The molecule has 4 amide bonds. The van der Waals surface area contributed by atoms with Crippen molar-refractivity contribution in [3.8, 4) is 5.75 Å². The van der Waals surface area contributed by atoms with Crippen LogP contribution in [0.3, 0.4) is 0 Å². The van der Waals surface area contributed by atoms with Crippen molar-refractivity contribution in [3.05, 3.63) is 76.5 Å². The molecule has 9 nitrogen and oxygen atoms in total. The summed E-state index contributed by atoms with van der Waals surface area (Å²) in [5, 5.41) is 4.61. The van der Waals surface area contributed by atoms with Crippen LogP contribution in [0.15, 0.2) is 66.0 Å². The zero-order valence-electron chi connectivity index (χ0n) is 19.8. The first kappa shape index (κ1) is 24.9. The molecule has 1 fully saturated rings. The molecular formula is C26H25N3O6S. The number of amides is 4. The molecule has 3 aromatic rings. The van der Waals surface area contributed by atoms with Gasteiger partial charge in [-0.15, -0.1) is 11.3 Å². The van der Waals surface area contributed by atoms with Crippen LogP contribution >= 0.6 is 11.3 Å². The van der Waals surface area contributed by atoms with E-state index in [-0.39, 0.29) is 19.6 Å². The van der Waals surface area contributed by atoms with Gasteiger partial charge in [-0.05, 0) is 60.8 Å². The Morgan fingerprint density at radius 2 is 1.83 bits per heavy atom. The number of rotatable bonds is 9. The summed E-state index contributed by atoms with van der Waals surface area (Å²) in [6.07, 6.45) is -0.244. The van der Waals surface area contributed by atoms with E-state index < -0.39 is 29.9 Å². The second kappa shape index (κ2) is 11.0. The Hall–Kier alpha value is -4.18. The van der Waals surface area contributed by atoms with Gasteiger partial charge >= 0.3 is 12.0 Å². The Bertz CT molecular complexity index is 1260. The van der Waals surface area contributed by atoms with E-state index in [2.05, 4.69) is 5.32 Å². The lowest BCUT2D eigenvalue weighted by molar-refractivity contribution is -0.124. The number of esters is 1. The van der Waals surface area contributed by atoms with Crippen LogP contribution in [0.25, 0.3) is 0 Å². The minimum Gasteiger partial charge on any atom is -0.497 e. The topological polar surface area (TPSA) is 105 Å². The van der Waals surface area contributed by atoms with Gasteiger partial charge in [0.1, 0.15) is 11.8 Å². The summed E-state index contributed by atoms with van der Waals surface area (Å²) in [7, 11) is 1.53. The van der Waals surface area contributed by atoms with Crippen molar-refractivity contribution in [2.45, 2.75) is 25.9 Å². The first-order valence-electron chi connectivity index (χ1n) is 11.3. The maximum Gasteiger partial charge on any atom is 0.338 e. The van der Waals surface area contributed by atoms with Gasteiger partial charge in [-0.25, -0.2) is 14.5 Å². The van der Waals surface area contributed by atoms with Crippen LogP contribution in [0, 0.1) is 0 Å². The lowest BCUT2D eigenvalue weighted by atomic mass is 10.1. The van der Waals surface area contributed by atoms with Crippen molar-refractivity contribution >= 4 is 46.5 Å². The van der Waals surface area contributed by atoms with Gasteiger partial charge in [-0.1, -0.05) is 12.1 Å². The largest absolute Gasteiger partial charge is 0.497 e. The Morgan fingerprint density at radius 1 is 1.06 bits per heavy atom. The highest BCUT2D eigenvalue weighted by Gasteiger charge is 2.46. The number of urea groups is 1. The zero-order valence-corrected chi connectivity index (χ0v) is 20.6. The predicted molar refractivity (Wildman–Crippen MR) is 135 cm³/mol.